The lowest BCUT2D eigenvalue weighted by Gasteiger charge is -2.32. The maximum Gasteiger partial charge on any atom is 0.410 e. The van der Waals surface area contributed by atoms with Crippen LogP contribution in [0.15, 0.2) is 17.1 Å². The Morgan fingerprint density at radius 2 is 2.12 bits per heavy atom. The number of hydrogen-bond acceptors (Lipinski definition) is 5. The molecule has 2 aromatic rings. The van der Waals surface area contributed by atoms with E-state index in [1.807, 2.05) is 34.6 Å². The van der Waals surface area contributed by atoms with Crippen LogP contribution in [0.25, 0.3) is 5.78 Å². The van der Waals surface area contributed by atoms with E-state index in [1.165, 1.54) is 4.40 Å². The molecule has 0 aliphatic heterocycles. The number of H-pyrrole nitrogens is 1. The summed E-state index contributed by atoms with van der Waals surface area (Å²) in [5, 5.41) is 9.93. The van der Waals surface area contributed by atoms with Crippen LogP contribution in [0.2, 0.25) is 0 Å². The Kier molecular flexibility index (Phi) is 5.39. The number of amides is 1. The maximum absolute atomic E-state index is 12.6. The van der Waals surface area contributed by atoms with Gasteiger partial charge in [-0.05, 0) is 34.1 Å². The van der Waals surface area contributed by atoms with Gasteiger partial charge in [-0.15, -0.1) is 0 Å². The molecule has 1 unspecified atom stereocenters. The van der Waals surface area contributed by atoms with E-state index in [2.05, 4.69) is 9.97 Å². The molecule has 25 heavy (non-hydrogen) atoms. The first-order chi connectivity index (χ1) is 11.7. The number of aromatic nitrogens is 3. The van der Waals surface area contributed by atoms with Gasteiger partial charge in [-0.25, -0.2) is 9.78 Å². The number of nitrogens with zero attached hydrogens (tertiary/aromatic N) is 3. The second-order valence-electron chi connectivity index (χ2n) is 6.92. The van der Waals surface area contributed by atoms with Gasteiger partial charge in [0.15, 0.2) is 0 Å². The van der Waals surface area contributed by atoms with Crippen LogP contribution in [-0.2, 0) is 4.74 Å². The molecule has 1 atom stereocenters. The van der Waals surface area contributed by atoms with Gasteiger partial charge in [0, 0.05) is 12.7 Å². The molecule has 0 saturated heterocycles. The molecule has 0 spiro atoms. The predicted octanol–water partition coefficient (Wildman–Crippen LogP) is 2.83. The average molecular weight is 350 g/mol. The largest absolute Gasteiger partial charge is 0.494 e. The molecule has 2 rings (SSSR count). The van der Waals surface area contributed by atoms with Crippen LogP contribution in [0.4, 0.5) is 4.79 Å². The van der Waals surface area contributed by atoms with Crippen LogP contribution in [-0.4, -0.2) is 42.6 Å². The third-order valence-corrected chi connectivity index (χ3v) is 3.72. The Morgan fingerprint density at radius 1 is 1.44 bits per heavy atom. The molecule has 0 aliphatic carbocycles. The van der Waals surface area contributed by atoms with Gasteiger partial charge >= 0.3 is 6.09 Å². The summed E-state index contributed by atoms with van der Waals surface area (Å²) < 4.78 is 6.89. The molecule has 2 heterocycles. The number of aromatic hydroxyl groups is 1. The number of rotatable bonds is 5. The number of fused-ring (bicyclic) bond motifs is 1. The molecule has 2 N–H and O–H groups in total. The average Bonchev–Trinajstić information content (AvgIpc) is 2.89. The van der Waals surface area contributed by atoms with Crippen molar-refractivity contribution in [2.45, 2.75) is 59.1 Å². The smallest absolute Gasteiger partial charge is 0.410 e. The second kappa shape index (κ2) is 7.16. The summed E-state index contributed by atoms with van der Waals surface area (Å²) in [6, 6.07) is 0.770. The summed E-state index contributed by atoms with van der Waals surface area (Å²) in [5.74, 6) is 0.0365. The van der Waals surface area contributed by atoms with Crippen molar-refractivity contribution in [1.82, 2.24) is 19.3 Å². The SMILES string of the molecule is CCCC(c1cn2c(O)cc(=O)[nH]c2n1)N(CC)C(=O)OC(C)(C)C. The van der Waals surface area contributed by atoms with Crippen molar-refractivity contribution >= 4 is 11.9 Å². The summed E-state index contributed by atoms with van der Waals surface area (Å²) in [4.78, 5) is 32.7. The van der Waals surface area contributed by atoms with E-state index < -0.39 is 17.3 Å². The van der Waals surface area contributed by atoms with Gasteiger partial charge < -0.3 is 9.84 Å². The highest BCUT2D eigenvalue weighted by Crippen LogP contribution is 2.27. The Labute approximate surface area is 146 Å². The fourth-order valence-corrected chi connectivity index (χ4v) is 2.69. The molecule has 0 aliphatic rings. The molecule has 0 fully saturated rings. The van der Waals surface area contributed by atoms with E-state index >= 15 is 0 Å². The Bertz CT molecular complexity index is 803. The third-order valence-electron chi connectivity index (χ3n) is 3.72. The van der Waals surface area contributed by atoms with Gasteiger partial charge in [0.05, 0.1) is 17.8 Å². The Hall–Kier alpha value is -2.51. The van der Waals surface area contributed by atoms with Gasteiger partial charge in [-0.1, -0.05) is 13.3 Å². The first-order valence-electron chi connectivity index (χ1n) is 8.47. The predicted molar refractivity (Wildman–Crippen MR) is 93.7 cm³/mol. The van der Waals surface area contributed by atoms with E-state index in [0.29, 0.717) is 18.7 Å². The highest BCUT2D eigenvalue weighted by Gasteiger charge is 2.29. The molecule has 0 aromatic carbocycles. The molecule has 138 valence electrons. The molecule has 8 nitrogen and oxygen atoms in total. The summed E-state index contributed by atoms with van der Waals surface area (Å²) in [6.07, 6.45) is 2.74. The van der Waals surface area contributed by atoms with E-state index in [9.17, 15) is 14.7 Å². The van der Waals surface area contributed by atoms with Crippen molar-refractivity contribution in [2.75, 3.05) is 6.54 Å². The van der Waals surface area contributed by atoms with Crippen molar-refractivity contribution in [1.29, 1.82) is 0 Å². The quantitative estimate of drug-likeness (QED) is 0.864. The normalized spacial score (nSPS) is 13.0. The van der Waals surface area contributed by atoms with E-state index in [1.54, 1.807) is 11.1 Å². The summed E-state index contributed by atoms with van der Waals surface area (Å²) in [6.45, 7) is 9.81. The minimum Gasteiger partial charge on any atom is -0.494 e. The van der Waals surface area contributed by atoms with Crippen molar-refractivity contribution in [3.05, 3.63) is 28.3 Å². The number of carbonyl (C=O) groups excluding carboxylic acids is 1. The number of aromatic amines is 1. The highest BCUT2D eigenvalue weighted by molar-refractivity contribution is 5.68. The lowest BCUT2D eigenvalue weighted by atomic mass is 10.1. The summed E-state index contributed by atoms with van der Waals surface area (Å²) in [7, 11) is 0. The molecule has 0 bridgehead atoms. The second-order valence-corrected chi connectivity index (χ2v) is 6.92. The standard InChI is InChI=1S/C17H26N4O4/c1-6-8-12(20(7-2)16(24)25-17(3,4)5)11-10-21-14(23)9-13(22)19-15(21)18-11/h9-10,12,23H,6-8H2,1-5H3,(H,18,19,22). The highest BCUT2D eigenvalue weighted by atomic mass is 16.6. The molecular formula is C17H26N4O4. The zero-order valence-electron chi connectivity index (χ0n) is 15.4. The van der Waals surface area contributed by atoms with E-state index in [-0.39, 0.29) is 17.7 Å². The van der Waals surface area contributed by atoms with Gasteiger partial charge in [-0.2, -0.15) is 0 Å². The van der Waals surface area contributed by atoms with Gasteiger partial charge in [0.2, 0.25) is 11.7 Å². The van der Waals surface area contributed by atoms with Gasteiger partial charge in [0.1, 0.15) is 5.60 Å². The van der Waals surface area contributed by atoms with Crippen LogP contribution in [0, 0.1) is 0 Å². The Balaban J connectivity index is 2.43. The number of nitrogens with one attached hydrogen (secondary N) is 1. The first kappa shape index (κ1) is 18.8. The minimum atomic E-state index is -0.594. The van der Waals surface area contributed by atoms with Crippen molar-refractivity contribution < 1.29 is 14.6 Å². The van der Waals surface area contributed by atoms with Crippen molar-refractivity contribution in [2.24, 2.45) is 0 Å². The Morgan fingerprint density at radius 3 is 2.68 bits per heavy atom. The zero-order valence-corrected chi connectivity index (χ0v) is 15.4. The molecule has 1 amide bonds. The molecule has 0 saturated carbocycles. The van der Waals surface area contributed by atoms with Crippen LogP contribution < -0.4 is 5.56 Å². The first-order valence-corrected chi connectivity index (χ1v) is 8.47. The van der Waals surface area contributed by atoms with E-state index in [4.69, 9.17) is 4.74 Å². The van der Waals surface area contributed by atoms with Gasteiger partial charge in [0.25, 0.3) is 5.56 Å². The number of ether oxygens (including phenoxy) is 1. The number of hydrogen-bond donors (Lipinski definition) is 2. The van der Waals surface area contributed by atoms with Crippen LogP contribution in [0.1, 0.15) is 59.2 Å². The summed E-state index contributed by atoms with van der Waals surface area (Å²) in [5.41, 5.74) is -0.440. The van der Waals surface area contributed by atoms with Crippen LogP contribution in [0.5, 0.6) is 5.88 Å². The van der Waals surface area contributed by atoms with Gasteiger partial charge in [-0.3, -0.25) is 19.1 Å². The van der Waals surface area contributed by atoms with Crippen LogP contribution >= 0.6 is 0 Å². The molecule has 2 aromatic heterocycles. The topological polar surface area (TPSA) is 99.9 Å². The van der Waals surface area contributed by atoms with Crippen LogP contribution in [0.3, 0.4) is 0 Å². The van der Waals surface area contributed by atoms with E-state index in [0.717, 1.165) is 12.5 Å². The number of imidazole rings is 1. The monoisotopic (exact) mass is 350 g/mol. The minimum absolute atomic E-state index is 0.201. The lowest BCUT2D eigenvalue weighted by Crippen LogP contribution is -2.39. The molecule has 8 heteroatoms. The van der Waals surface area contributed by atoms with Crippen molar-refractivity contribution in [3.8, 4) is 5.88 Å². The molecule has 0 radical (unpaired) electrons. The fraction of sp³-hybridized carbons (Fsp3) is 0.588. The fourth-order valence-electron chi connectivity index (χ4n) is 2.69. The molecular weight excluding hydrogens is 324 g/mol. The zero-order chi connectivity index (χ0) is 18.8. The summed E-state index contributed by atoms with van der Waals surface area (Å²) >= 11 is 0. The number of carbonyl (C=O) groups is 1. The lowest BCUT2D eigenvalue weighted by molar-refractivity contribution is 0.0157. The van der Waals surface area contributed by atoms with Crippen molar-refractivity contribution in [3.63, 3.8) is 0 Å². The third kappa shape index (κ3) is 4.32. The maximum atomic E-state index is 12.6.